The molecule has 0 saturated carbocycles. The highest BCUT2D eigenvalue weighted by atomic mass is 16.3. The number of fused-ring (bicyclic) bond motifs is 3. The van der Waals surface area contributed by atoms with E-state index in [4.69, 9.17) is 4.42 Å². The van der Waals surface area contributed by atoms with Gasteiger partial charge in [0.25, 0.3) is 5.56 Å². The minimum absolute atomic E-state index is 0.170. The van der Waals surface area contributed by atoms with Gasteiger partial charge in [0.1, 0.15) is 17.4 Å². The average Bonchev–Trinajstić information content (AvgIpc) is 3.37. The van der Waals surface area contributed by atoms with Crippen LogP contribution in [0.1, 0.15) is 50.5 Å². The van der Waals surface area contributed by atoms with E-state index in [9.17, 15) is 9.59 Å². The molecule has 1 N–H and O–H groups in total. The van der Waals surface area contributed by atoms with Crippen molar-refractivity contribution in [2.24, 2.45) is 0 Å². The van der Waals surface area contributed by atoms with Gasteiger partial charge >= 0.3 is 0 Å². The fourth-order valence-electron chi connectivity index (χ4n) is 3.87. The standard InChI is InChI=1S/C23H26N4O3/c1-4-17(22(28)24-14-15(3)16-9-7-6-8-10-16)27-23(29)19-13-20-18(11-12-30-20)26(19)21(5-2)25-27/h6-13,15,17H,4-5,14H2,1-3H3,(H,24,28)/t15-,17-/m1/s1. The van der Waals surface area contributed by atoms with Crippen molar-refractivity contribution in [1.82, 2.24) is 19.5 Å². The normalized spacial score (nSPS) is 13.6. The second-order valence-electron chi connectivity index (χ2n) is 7.54. The zero-order chi connectivity index (χ0) is 21.3. The molecule has 0 fully saturated rings. The monoisotopic (exact) mass is 406 g/mol. The molecule has 0 aliphatic rings. The van der Waals surface area contributed by atoms with Crippen molar-refractivity contribution in [3.63, 3.8) is 0 Å². The first-order chi connectivity index (χ1) is 14.5. The van der Waals surface area contributed by atoms with Gasteiger partial charge in [0, 0.05) is 25.1 Å². The first kappa shape index (κ1) is 19.9. The highest BCUT2D eigenvalue weighted by Crippen LogP contribution is 2.21. The lowest BCUT2D eigenvalue weighted by Crippen LogP contribution is -2.40. The van der Waals surface area contributed by atoms with Crippen molar-refractivity contribution in [3.05, 3.63) is 70.5 Å². The molecule has 156 valence electrons. The first-order valence-electron chi connectivity index (χ1n) is 10.4. The molecule has 4 aromatic rings. The summed E-state index contributed by atoms with van der Waals surface area (Å²) in [5.41, 5.74) is 2.78. The fourth-order valence-corrected chi connectivity index (χ4v) is 3.87. The minimum atomic E-state index is -0.669. The third kappa shape index (κ3) is 3.40. The minimum Gasteiger partial charge on any atom is -0.463 e. The van der Waals surface area contributed by atoms with E-state index in [1.165, 1.54) is 4.68 Å². The van der Waals surface area contributed by atoms with Gasteiger partial charge in [-0.1, -0.05) is 51.1 Å². The van der Waals surface area contributed by atoms with Crippen LogP contribution in [0.4, 0.5) is 0 Å². The number of furan rings is 1. The Hall–Kier alpha value is -3.35. The number of nitrogens with zero attached hydrogens (tertiary/aromatic N) is 3. The fraction of sp³-hybridized carbons (Fsp3) is 0.348. The van der Waals surface area contributed by atoms with Crippen LogP contribution in [-0.4, -0.2) is 26.6 Å². The summed E-state index contributed by atoms with van der Waals surface area (Å²) in [5, 5.41) is 7.56. The summed E-state index contributed by atoms with van der Waals surface area (Å²) in [6.07, 6.45) is 2.68. The quantitative estimate of drug-likeness (QED) is 0.508. The van der Waals surface area contributed by atoms with Crippen molar-refractivity contribution in [2.75, 3.05) is 6.54 Å². The lowest BCUT2D eigenvalue weighted by atomic mass is 10.0. The summed E-state index contributed by atoms with van der Waals surface area (Å²) in [6.45, 7) is 6.43. The molecule has 7 nitrogen and oxygen atoms in total. The van der Waals surface area contributed by atoms with Crippen molar-refractivity contribution in [3.8, 4) is 0 Å². The number of benzene rings is 1. The molecule has 30 heavy (non-hydrogen) atoms. The van der Waals surface area contributed by atoms with Crippen LogP contribution in [0, 0.1) is 0 Å². The van der Waals surface area contributed by atoms with E-state index in [0.29, 0.717) is 36.3 Å². The topological polar surface area (TPSA) is 81.5 Å². The Labute approximate surface area is 174 Å². The summed E-state index contributed by atoms with van der Waals surface area (Å²) in [6, 6.07) is 12.9. The molecule has 7 heteroatoms. The third-order valence-electron chi connectivity index (χ3n) is 5.58. The lowest BCUT2D eigenvalue weighted by molar-refractivity contribution is -0.124. The van der Waals surface area contributed by atoms with Crippen LogP contribution in [-0.2, 0) is 11.2 Å². The Bertz CT molecular complexity index is 1240. The van der Waals surface area contributed by atoms with Crippen molar-refractivity contribution < 1.29 is 9.21 Å². The van der Waals surface area contributed by atoms with Gasteiger partial charge in [-0.05, 0) is 17.9 Å². The van der Waals surface area contributed by atoms with Gasteiger partial charge in [0.15, 0.2) is 5.58 Å². The molecule has 1 amide bonds. The molecule has 1 aromatic carbocycles. The number of hydrogen-bond acceptors (Lipinski definition) is 4. The number of nitrogens with one attached hydrogen (secondary N) is 1. The van der Waals surface area contributed by atoms with Gasteiger partial charge in [-0.25, -0.2) is 4.68 Å². The summed E-state index contributed by atoms with van der Waals surface area (Å²) in [7, 11) is 0. The predicted octanol–water partition coefficient (Wildman–Crippen LogP) is 3.68. The zero-order valence-corrected chi connectivity index (χ0v) is 17.5. The van der Waals surface area contributed by atoms with Crippen LogP contribution in [0.15, 0.2) is 57.9 Å². The Morgan fingerprint density at radius 2 is 1.93 bits per heavy atom. The second-order valence-corrected chi connectivity index (χ2v) is 7.54. The average molecular weight is 406 g/mol. The van der Waals surface area contributed by atoms with Gasteiger partial charge in [-0.3, -0.25) is 14.0 Å². The molecule has 0 spiro atoms. The van der Waals surface area contributed by atoms with E-state index < -0.39 is 6.04 Å². The maximum absolute atomic E-state index is 13.2. The number of aryl methyl sites for hydroxylation is 1. The number of hydrogen-bond donors (Lipinski definition) is 1. The van der Waals surface area contributed by atoms with Gasteiger partial charge in [-0.2, -0.15) is 5.10 Å². The van der Waals surface area contributed by atoms with E-state index in [0.717, 1.165) is 11.1 Å². The van der Waals surface area contributed by atoms with Crippen molar-refractivity contribution in [2.45, 2.75) is 45.6 Å². The zero-order valence-electron chi connectivity index (χ0n) is 17.5. The van der Waals surface area contributed by atoms with Crippen LogP contribution >= 0.6 is 0 Å². The molecule has 0 saturated heterocycles. The number of carbonyl (C=O) groups excluding carboxylic acids is 1. The van der Waals surface area contributed by atoms with E-state index in [2.05, 4.69) is 17.3 Å². The molecular weight excluding hydrogens is 380 g/mol. The summed E-state index contributed by atoms with van der Waals surface area (Å²) in [5.74, 6) is 0.685. The van der Waals surface area contributed by atoms with Crippen LogP contribution in [0.25, 0.3) is 16.6 Å². The van der Waals surface area contributed by atoms with Crippen LogP contribution in [0.5, 0.6) is 0 Å². The Morgan fingerprint density at radius 3 is 2.63 bits per heavy atom. The molecular formula is C23H26N4O3. The van der Waals surface area contributed by atoms with Gasteiger partial charge in [0.2, 0.25) is 5.91 Å². The van der Waals surface area contributed by atoms with Crippen molar-refractivity contribution >= 4 is 22.5 Å². The molecule has 0 aliphatic heterocycles. The lowest BCUT2D eigenvalue weighted by Gasteiger charge is -2.20. The highest BCUT2D eigenvalue weighted by Gasteiger charge is 2.24. The molecule has 0 aliphatic carbocycles. The molecule has 0 bridgehead atoms. The number of aromatic nitrogens is 3. The van der Waals surface area contributed by atoms with E-state index in [1.807, 2.05) is 54.6 Å². The molecule has 3 heterocycles. The van der Waals surface area contributed by atoms with E-state index >= 15 is 0 Å². The SMILES string of the molecule is CCc1nn([C@H](CC)C(=O)NC[C@@H](C)c2ccccc2)c(=O)c2cc3occc3n12. The number of carbonyl (C=O) groups is 1. The van der Waals surface area contributed by atoms with Crippen LogP contribution in [0.3, 0.4) is 0 Å². The molecule has 0 unspecified atom stereocenters. The molecule has 4 rings (SSSR count). The van der Waals surface area contributed by atoms with Crippen LogP contribution in [0.2, 0.25) is 0 Å². The van der Waals surface area contributed by atoms with Crippen molar-refractivity contribution in [1.29, 1.82) is 0 Å². The van der Waals surface area contributed by atoms with Gasteiger partial charge < -0.3 is 9.73 Å². The molecule has 2 atom stereocenters. The smallest absolute Gasteiger partial charge is 0.291 e. The van der Waals surface area contributed by atoms with Crippen LogP contribution < -0.4 is 10.9 Å². The third-order valence-corrected chi connectivity index (χ3v) is 5.58. The maximum atomic E-state index is 13.2. The number of amides is 1. The second kappa shape index (κ2) is 8.18. The predicted molar refractivity (Wildman–Crippen MR) is 116 cm³/mol. The summed E-state index contributed by atoms with van der Waals surface area (Å²) >= 11 is 0. The van der Waals surface area contributed by atoms with E-state index in [1.54, 1.807) is 12.3 Å². The van der Waals surface area contributed by atoms with Gasteiger partial charge in [-0.15, -0.1) is 0 Å². The Balaban J connectivity index is 1.64. The Kier molecular flexibility index (Phi) is 5.44. The van der Waals surface area contributed by atoms with E-state index in [-0.39, 0.29) is 17.4 Å². The Morgan fingerprint density at radius 1 is 1.17 bits per heavy atom. The first-order valence-corrected chi connectivity index (χ1v) is 10.4. The highest BCUT2D eigenvalue weighted by molar-refractivity contribution is 5.83. The summed E-state index contributed by atoms with van der Waals surface area (Å²) < 4.78 is 8.61. The molecule has 3 aromatic heterocycles. The molecule has 0 radical (unpaired) electrons. The number of rotatable bonds is 7. The van der Waals surface area contributed by atoms with Gasteiger partial charge in [0.05, 0.1) is 11.8 Å². The largest absolute Gasteiger partial charge is 0.463 e. The maximum Gasteiger partial charge on any atom is 0.291 e. The summed E-state index contributed by atoms with van der Waals surface area (Å²) in [4.78, 5) is 26.2.